The molecule has 1 aliphatic rings. The average Bonchev–Trinajstić information content (AvgIpc) is 2.84. The van der Waals surface area contributed by atoms with Crippen LogP contribution < -0.4 is 5.32 Å². The van der Waals surface area contributed by atoms with E-state index in [1.807, 2.05) is 6.92 Å². The van der Waals surface area contributed by atoms with E-state index in [1.54, 1.807) is 12.1 Å². The van der Waals surface area contributed by atoms with E-state index in [1.165, 1.54) is 12.1 Å². The SMILES string of the molecule is CCCCC1(CN(O)C=O)NC(=O)N(Cc2ccccc2C(=O)O)C1=O. The number of imide groups is 1. The molecule has 4 amide bonds. The summed E-state index contributed by atoms with van der Waals surface area (Å²) >= 11 is 0. The lowest BCUT2D eigenvalue weighted by Gasteiger charge is -2.28. The van der Waals surface area contributed by atoms with Crippen molar-refractivity contribution in [1.82, 2.24) is 15.3 Å². The number of unbranched alkanes of at least 4 members (excludes halogenated alkanes) is 1. The molecule has 3 N–H and O–H groups in total. The van der Waals surface area contributed by atoms with Crippen LogP contribution in [0, 0.1) is 0 Å². The summed E-state index contributed by atoms with van der Waals surface area (Å²) in [7, 11) is 0. The summed E-state index contributed by atoms with van der Waals surface area (Å²) in [5.74, 6) is -1.76. The first kappa shape index (κ1) is 19.4. The second kappa shape index (κ2) is 7.96. The van der Waals surface area contributed by atoms with Crippen LogP contribution in [0.15, 0.2) is 24.3 Å². The fourth-order valence-corrected chi connectivity index (χ4v) is 3.00. The van der Waals surface area contributed by atoms with Crippen LogP contribution in [0.5, 0.6) is 0 Å². The van der Waals surface area contributed by atoms with E-state index >= 15 is 0 Å². The zero-order valence-electron chi connectivity index (χ0n) is 14.3. The lowest BCUT2D eigenvalue weighted by molar-refractivity contribution is -0.157. The second-order valence-electron chi connectivity index (χ2n) is 6.17. The third-order valence-electron chi connectivity index (χ3n) is 4.33. The summed E-state index contributed by atoms with van der Waals surface area (Å²) in [4.78, 5) is 48.3. The number of rotatable bonds is 9. The third-order valence-corrected chi connectivity index (χ3v) is 4.33. The van der Waals surface area contributed by atoms with Crippen LogP contribution in [0.25, 0.3) is 0 Å². The Hall–Kier alpha value is -2.94. The average molecular weight is 363 g/mol. The normalized spacial score (nSPS) is 19.4. The molecular formula is C17H21N3O6. The third kappa shape index (κ3) is 3.83. The van der Waals surface area contributed by atoms with E-state index in [0.717, 1.165) is 11.3 Å². The monoisotopic (exact) mass is 363 g/mol. The molecule has 9 heteroatoms. The highest BCUT2D eigenvalue weighted by Crippen LogP contribution is 2.27. The van der Waals surface area contributed by atoms with E-state index in [2.05, 4.69) is 5.32 Å². The molecule has 140 valence electrons. The molecule has 0 aliphatic carbocycles. The number of nitrogens with one attached hydrogen (secondary N) is 1. The van der Waals surface area contributed by atoms with Gasteiger partial charge >= 0.3 is 12.0 Å². The van der Waals surface area contributed by atoms with Crippen molar-refractivity contribution in [1.29, 1.82) is 0 Å². The Bertz CT molecular complexity index is 722. The minimum absolute atomic E-state index is 0.00386. The zero-order valence-corrected chi connectivity index (χ0v) is 14.3. The van der Waals surface area contributed by atoms with Crippen LogP contribution in [0.3, 0.4) is 0 Å². The van der Waals surface area contributed by atoms with Gasteiger partial charge in [0.25, 0.3) is 5.91 Å². The largest absolute Gasteiger partial charge is 0.478 e. The number of benzene rings is 1. The van der Waals surface area contributed by atoms with Crippen LogP contribution in [0.4, 0.5) is 4.79 Å². The molecule has 0 spiro atoms. The first-order valence-electron chi connectivity index (χ1n) is 8.20. The maximum Gasteiger partial charge on any atom is 0.336 e. The molecule has 1 aliphatic heterocycles. The molecule has 1 unspecified atom stereocenters. The smallest absolute Gasteiger partial charge is 0.336 e. The van der Waals surface area contributed by atoms with E-state index in [0.29, 0.717) is 17.0 Å². The highest BCUT2D eigenvalue weighted by molar-refractivity contribution is 6.07. The van der Waals surface area contributed by atoms with Gasteiger partial charge in [0.1, 0.15) is 5.54 Å². The van der Waals surface area contributed by atoms with Crippen molar-refractivity contribution in [3.8, 4) is 0 Å². The van der Waals surface area contributed by atoms with Gasteiger partial charge in [0, 0.05) is 0 Å². The molecule has 0 aromatic heterocycles. The van der Waals surface area contributed by atoms with Gasteiger partial charge in [0.2, 0.25) is 6.41 Å². The Morgan fingerprint density at radius 3 is 2.65 bits per heavy atom. The molecule has 1 aromatic rings. The summed E-state index contributed by atoms with van der Waals surface area (Å²) < 4.78 is 0. The van der Waals surface area contributed by atoms with Crippen molar-refractivity contribution >= 4 is 24.3 Å². The summed E-state index contributed by atoms with van der Waals surface area (Å²) in [5.41, 5.74) is -1.12. The highest BCUT2D eigenvalue weighted by Gasteiger charge is 2.51. The number of carboxylic acid groups (broad SMARTS) is 1. The first-order chi connectivity index (χ1) is 12.3. The Morgan fingerprint density at radius 2 is 2.04 bits per heavy atom. The molecule has 9 nitrogen and oxygen atoms in total. The van der Waals surface area contributed by atoms with Gasteiger partial charge in [-0.25, -0.2) is 14.7 Å². The molecule has 26 heavy (non-hydrogen) atoms. The quantitative estimate of drug-likeness (QED) is 0.262. The fourth-order valence-electron chi connectivity index (χ4n) is 3.00. The zero-order chi connectivity index (χ0) is 19.3. The van der Waals surface area contributed by atoms with Crippen molar-refractivity contribution in [3.05, 3.63) is 35.4 Å². The number of hydroxylamine groups is 2. The summed E-state index contributed by atoms with van der Waals surface area (Å²) in [6.45, 7) is 1.32. The van der Waals surface area contributed by atoms with Gasteiger partial charge in [0.15, 0.2) is 0 Å². The maximum atomic E-state index is 12.9. The Balaban J connectivity index is 2.31. The van der Waals surface area contributed by atoms with E-state index in [9.17, 15) is 29.5 Å². The lowest BCUT2D eigenvalue weighted by Crippen LogP contribution is -2.54. The van der Waals surface area contributed by atoms with Crippen molar-refractivity contribution < 1.29 is 29.5 Å². The standard InChI is InChI=1S/C17H21N3O6/c1-2-3-8-17(10-19(26)11-21)15(24)20(16(25)18-17)9-12-6-4-5-7-13(12)14(22)23/h4-7,11,26H,2-3,8-10H2,1H3,(H,18,25)(H,22,23). The molecule has 1 heterocycles. The second-order valence-corrected chi connectivity index (χ2v) is 6.17. The molecule has 0 radical (unpaired) electrons. The number of amides is 4. The number of carbonyl (C=O) groups is 4. The minimum atomic E-state index is -1.43. The van der Waals surface area contributed by atoms with Crippen molar-refractivity contribution in [2.24, 2.45) is 0 Å². The number of aromatic carboxylic acids is 1. The van der Waals surface area contributed by atoms with Crippen LogP contribution in [-0.2, 0) is 16.1 Å². The molecule has 0 bridgehead atoms. The van der Waals surface area contributed by atoms with Crippen molar-refractivity contribution in [2.45, 2.75) is 38.3 Å². The summed E-state index contributed by atoms with van der Waals surface area (Å²) in [5, 5.41) is 21.7. The Kier molecular flexibility index (Phi) is 5.93. The van der Waals surface area contributed by atoms with Gasteiger partial charge in [-0.05, 0) is 18.1 Å². The van der Waals surface area contributed by atoms with Crippen molar-refractivity contribution in [2.75, 3.05) is 6.54 Å². The van der Waals surface area contributed by atoms with Gasteiger partial charge in [-0.3, -0.25) is 19.7 Å². The molecule has 1 atom stereocenters. The first-order valence-corrected chi connectivity index (χ1v) is 8.20. The van der Waals surface area contributed by atoms with E-state index < -0.39 is 23.4 Å². The minimum Gasteiger partial charge on any atom is -0.478 e. The number of nitrogens with zero attached hydrogens (tertiary/aromatic N) is 2. The molecular weight excluding hydrogens is 342 g/mol. The topological polar surface area (TPSA) is 127 Å². The predicted octanol–water partition coefficient (Wildman–Crippen LogP) is 1.21. The van der Waals surface area contributed by atoms with E-state index in [4.69, 9.17) is 0 Å². The fraction of sp³-hybridized carbons (Fsp3) is 0.412. The van der Waals surface area contributed by atoms with Gasteiger partial charge < -0.3 is 10.4 Å². The number of hydrogen-bond acceptors (Lipinski definition) is 5. The van der Waals surface area contributed by atoms with Crippen LogP contribution in [-0.4, -0.2) is 56.7 Å². The molecule has 0 saturated carbocycles. The Morgan fingerprint density at radius 1 is 1.35 bits per heavy atom. The number of urea groups is 1. The van der Waals surface area contributed by atoms with Gasteiger partial charge in [-0.1, -0.05) is 38.0 Å². The Labute approximate surface area is 150 Å². The maximum absolute atomic E-state index is 12.9. The molecule has 1 saturated heterocycles. The predicted molar refractivity (Wildman–Crippen MR) is 89.3 cm³/mol. The van der Waals surface area contributed by atoms with Gasteiger partial charge in [0.05, 0.1) is 18.7 Å². The summed E-state index contributed by atoms with van der Waals surface area (Å²) in [6, 6.07) is 5.40. The van der Waals surface area contributed by atoms with Crippen LogP contribution in [0.2, 0.25) is 0 Å². The van der Waals surface area contributed by atoms with Crippen LogP contribution >= 0.6 is 0 Å². The summed E-state index contributed by atoms with van der Waals surface area (Å²) in [6.07, 6.45) is 1.75. The lowest BCUT2D eigenvalue weighted by atomic mass is 9.92. The molecule has 1 fully saturated rings. The van der Waals surface area contributed by atoms with Gasteiger partial charge in [-0.2, -0.15) is 0 Å². The van der Waals surface area contributed by atoms with Crippen molar-refractivity contribution in [3.63, 3.8) is 0 Å². The van der Waals surface area contributed by atoms with Crippen LogP contribution in [0.1, 0.15) is 42.1 Å². The number of carbonyl (C=O) groups excluding carboxylic acids is 3. The molecule has 2 rings (SSSR count). The highest BCUT2D eigenvalue weighted by atomic mass is 16.5. The van der Waals surface area contributed by atoms with Gasteiger partial charge in [-0.15, -0.1) is 0 Å². The number of hydrogen-bond donors (Lipinski definition) is 3. The molecule has 1 aromatic carbocycles. The van der Waals surface area contributed by atoms with E-state index in [-0.39, 0.29) is 31.5 Å². The number of carboxylic acids is 1.